The zero-order valence-corrected chi connectivity index (χ0v) is 11.0. The molecule has 2 N–H and O–H groups in total. The van der Waals surface area contributed by atoms with Gasteiger partial charge in [0.25, 0.3) is 0 Å². The van der Waals surface area contributed by atoms with Gasteiger partial charge in [-0.15, -0.1) is 0 Å². The summed E-state index contributed by atoms with van der Waals surface area (Å²) in [6, 6.07) is 16.6. The molecule has 0 bridgehead atoms. The normalized spacial score (nSPS) is 16.6. The van der Waals surface area contributed by atoms with Crippen LogP contribution in [-0.2, 0) is 6.42 Å². The summed E-state index contributed by atoms with van der Waals surface area (Å²) in [5.41, 5.74) is 9.67. The van der Waals surface area contributed by atoms with Gasteiger partial charge in [-0.05, 0) is 42.0 Å². The topological polar surface area (TPSA) is 26.0 Å². The molecule has 0 heterocycles. The minimum atomic E-state index is 0.0118. The van der Waals surface area contributed by atoms with Crippen LogP contribution in [0.4, 0.5) is 0 Å². The fourth-order valence-corrected chi connectivity index (χ4v) is 2.46. The molecule has 1 nitrogen and oxygen atoms in total. The van der Waals surface area contributed by atoms with E-state index in [1.807, 2.05) is 24.3 Å². The van der Waals surface area contributed by atoms with Crippen molar-refractivity contribution in [1.82, 2.24) is 0 Å². The number of halogens is 1. The molecule has 0 atom stereocenters. The molecule has 2 heteroatoms. The zero-order valence-electron chi connectivity index (χ0n) is 10.2. The minimum Gasteiger partial charge on any atom is -0.325 e. The van der Waals surface area contributed by atoms with E-state index in [-0.39, 0.29) is 5.54 Å². The van der Waals surface area contributed by atoms with Crippen molar-refractivity contribution in [2.24, 2.45) is 5.73 Å². The van der Waals surface area contributed by atoms with E-state index < -0.39 is 0 Å². The van der Waals surface area contributed by atoms with Gasteiger partial charge in [-0.3, -0.25) is 0 Å². The summed E-state index contributed by atoms with van der Waals surface area (Å²) in [6.07, 6.45) is 3.12. The first-order valence-electron chi connectivity index (χ1n) is 6.29. The molecule has 0 spiro atoms. The highest BCUT2D eigenvalue weighted by Gasteiger charge is 2.38. The molecule has 0 unspecified atom stereocenters. The lowest BCUT2D eigenvalue weighted by Gasteiger charge is -2.11. The molecule has 1 saturated carbocycles. The van der Waals surface area contributed by atoms with Crippen LogP contribution < -0.4 is 5.73 Å². The van der Waals surface area contributed by atoms with E-state index in [0.29, 0.717) is 0 Å². The minimum absolute atomic E-state index is 0.0118. The molecule has 0 saturated heterocycles. The highest BCUT2D eigenvalue weighted by Crippen LogP contribution is 2.37. The Hall–Kier alpha value is -1.31. The average molecular weight is 258 g/mol. The third-order valence-electron chi connectivity index (χ3n) is 3.59. The standard InChI is InChI=1S/C16H16ClN/c17-15-10-13(12-4-2-1-3-5-12)6-7-14(15)11-16(18)8-9-16/h1-7,10H,8-9,11,18H2. The van der Waals surface area contributed by atoms with Gasteiger partial charge in [-0.1, -0.05) is 54.1 Å². The number of nitrogens with two attached hydrogens (primary N) is 1. The molecule has 0 aliphatic heterocycles. The van der Waals surface area contributed by atoms with Crippen LogP contribution in [0.25, 0.3) is 11.1 Å². The first-order chi connectivity index (χ1) is 8.66. The van der Waals surface area contributed by atoms with Crippen molar-refractivity contribution in [3.05, 3.63) is 59.1 Å². The molecule has 2 aromatic carbocycles. The van der Waals surface area contributed by atoms with E-state index in [4.69, 9.17) is 17.3 Å². The Morgan fingerprint density at radius 1 is 1.00 bits per heavy atom. The lowest BCUT2D eigenvalue weighted by Crippen LogP contribution is -2.24. The lowest BCUT2D eigenvalue weighted by molar-refractivity contribution is 0.672. The predicted molar refractivity (Wildman–Crippen MR) is 76.7 cm³/mol. The Morgan fingerprint density at radius 3 is 2.33 bits per heavy atom. The van der Waals surface area contributed by atoms with Crippen molar-refractivity contribution >= 4 is 11.6 Å². The molecule has 1 fully saturated rings. The molecule has 1 aliphatic rings. The van der Waals surface area contributed by atoms with Gasteiger partial charge in [-0.25, -0.2) is 0 Å². The Kier molecular flexibility index (Phi) is 2.89. The number of rotatable bonds is 3. The maximum atomic E-state index is 6.36. The van der Waals surface area contributed by atoms with E-state index in [1.165, 1.54) is 5.56 Å². The summed E-state index contributed by atoms with van der Waals surface area (Å²) in [5.74, 6) is 0. The molecular formula is C16H16ClN. The second kappa shape index (κ2) is 4.42. The predicted octanol–water partition coefficient (Wildman–Crippen LogP) is 4.04. The van der Waals surface area contributed by atoms with Crippen LogP contribution in [-0.4, -0.2) is 5.54 Å². The van der Waals surface area contributed by atoms with E-state index in [9.17, 15) is 0 Å². The van der Waals surface area contributed by atoms with Crippen molar-refractivity contribution in [2.45, 2.75) is 24.8 Å². The van der Waals surface area contributed by atoms with Gasteiger partial charge < -0.3 is 5.73 Å². The van der Waals surface area contributed by atoms with Gasteiger partial charge >= 0.3 is 0 Å². The van der Waals surface area contributed by atoms with E-state index in [1.54, 1.807) is 0 Å². The summed E-state index contributed by atoms with van der Waals surface area (Å²) in [7, 11) is 0. The molecule has 0 amide bonds. The van der Waals surface area contributed by atoms with E-state index >= 15 is 0 Å². The van der Waals surface area contributed by atoms with Gasteiger partial charge in [0.1, 0.15) is 0 Å². The van der Waals surface area contributed by atoms with E-state index in [2.05, 4.69) is 24.3 Å². The third-order valence-corrected chi connectivity index (χ3v) is 3.95. The molecule has 92 valence electrons. The van der Waals surface area contributed by atoms with Crippen molar-refractivity contribution in [3.8, 4) is 11.1 Å². The molecule has 2 aromatic rings. The van der Waals surface area contributed by atoms with Gasteiger partial charge in [0.2, 0.25) is 0 Å². The van der Waals surface area contributed by atoms with Crippen LogP contribution in [0.2, 0.25) is 5.02 Å². The Balaban J connectivity index is 1.89. The molecule has 0 aromatic heterocycles. The number of hydrogen-bond acceptors (Lipinski definition) is 1. The van der Waals surface area contributed by atoms with Gasteiger partial charge in [-0.2, -0.15) is 0 Å². The molecular weight excluding hydrogens is 242 g/mol. The van der Waals surface area contributed by atoms with Gasteiger partial charge in [0, 0.05) is 10.6 Å². The Bertz CT molecular complexity index is 559. The maximum absolute atomic E-state index is 6.36. The maximum Gasteiger partial charge on any atom is 0.0444 e. The monoisotopic (exact) mass is 257 g/mol. The van der Waals surface area contributed by atoms with Crippen LogP contribution >= 0.6 is 11.6 Å². The average Bonchev–Trinajstić information content (AvgIpc) is 3.11. The largest absolute Gasteiger partial charge is 0.325 e. The summed E-state index contributed by atoms with van der Waals surface area (Å²) >= 11 is 6.36. The third kappa shape index (κ3) is 2.43. The van der Waals surface area contributed by atoms with Crippen LogP contribution in [0.5, 0.6) is 0 Å². The van der Waals surface area contributed by atoms with Crippen LogP contribution in [0, 0.1) is 0 Å². The highest BCUT2D eigenvalue weighted by molar-refractivity contribution is 6.31. The second-order valence-corrected chi connectivity index (χ2v) is 5.62. The lowest BCUT2D eigenvalue weighted by atomic mass is 10.00. The molecule has 0 radical (unpaired) electrons. The van der Waals surface area contributed by atoms with Crippen LogP contribution in [0.15, 0.2) is 48.5 Å². The first-order valence-corrected chi connectivity index (χ1v) is 6.67. The fourth-order valence-electron chi connectivity index (χ4n) is 2.22. The quantitative estimate of drug-likeness (QED) is 0.882. The summed E-state index contributed by atoms with van der Waals surface area (Å²) < 4.78 is 0. The Morgan fingerprint density at radius 2 is 1.72 bits per heavy atom. The Labute approximate surface area is 113 Å². The second-order valence-electron chi connectivity index (χ2n) is 5.21. The molecule has 3 rings (SSSR count). The van der Waals surface area contributed by atoms with Crippen molar-refractivity contribution in [3.63, 3.8) is 0 Å². The van der Waals surface area contributed by atoms with Crippen molar-refractivity contribution in [2.75, 3.05) is 0 Å². The van der Waals surface area contributed by atoms with Crippen molar-refractivity contribution in [1.29, 1.82) is 0 Å². The first kappa shape index (κ1) is 11.8. The number of hydrogen-bond donors (Lipinski definition) is 1. The SMILES string of the molecule is NC1(Cc2ccc(-c3ccccc3)cc2Cl)CC1. The van der Waals surface area contributed by atoms with Crippen LogP contribution in [0.1, 0.15) is 18.4 Å². The zero-order chi connectivity index (χ0) is 12.6. The highest BCUT2D eigenvalue weighted by atomic mass is 35.5. The van der Waals surface area contributed by atoms with Crippen LogP contribution in [0.3, 0.4) is 0 Å². The smallest absolute Gasteiger partial charge is 0.0444 e. The molecule has 1 aliphatic carbocycles. The number of benzene rings is 2. The fraction of sp³-hybridized carbons (Fsp3) is 0.250. The molecule has 18 heavy (non-hydrogen) atoms. The van der Waals surface area contributed by atoms with Gasteiger partial charge in [0.15, 0.2) is 0 Å². The summed E-state index contributed by atoms with van der Waals surface area (Å²) in [6.45, 7) is 0. The van der Waals surface area contributed by atoms with Crippen molar-refractivity contribution < 1.29 is 0 Å². The van der Waals surface area contributed by atoms with E-state index in [0.717, 1.165) is 35.4 Å². The van der Waals surface area contributed by atoms with Gasteiger partial charge in [0.05, 0.1) is 0 Å². The summed E-state index contributed by atoms with van der Waals surface area (Å²) in [4.78, 5) is 0. The summed E-state index contributed by atoms with van der Waals surface area (Å²) in [5, 5.41) is 0.827.